The van der Waals surface area contributed by atoms with Crippen LogP contribution in [-0.4, -0.2) is 81.2 Å². The van der Waals surface area contributed by atoms with Crippen molar-refractivity contribution in [3.8, 4) is 11.5 Å². The quantitative estimate of drug-likeness (QED) is 0.545. The third-order valence-corrected chi connectivity index (χ3v) is 5.50. The highest BCUT2D eigenvalue weighted by Crippen LogP contribution is 2.36. The first-order valence-corrected chi connectivity index (χ1v) is 10.3. The Bertz CT molecular complexity index is 805. The average molecular weight is 418 g/mol. The van der Waals surface area contributed by atoms with Gasteiger partial charge in [0.2, 0.25) is 11.9 Å². The second-order valence-corrected chi connectivity index (χ2v) is 7.15. The zero-order valence-corrected chi connectivity index (χ0v) is 18.0. The van der Waals surface area contributed by atoms with Gasteiger partial charge in [0, 0.05) is 26.2 Å². The van der Waals surface area contributed by atoms with E-state index in [0.29, 0.717) is 23.0 Å². The van der Waals surface area contributed by atoms with E-state index in [-0.39, 0.29) is 6.61 Å². The maximum absolute atomic E-state index is 13.0. The molecule has 164 valence electrons. The van der Waals surface area contributed by atoms with E-state index < -0.39 is 23.8 Å². The van der Waals surface area contributed by atoms with E-state index in [2.05, 4.69) is 22.0 Å². The van der Waals surface area contributed by atoms with E-state index in [1.54, 1.807) is 39.3 Å². The fourth-order valence-electron chi connectivity index (χ4n) is 3.78. The molecule has 1 saturated heterocycles. The molecule has 1 aromatic rings. The molecule has 0 aromatic heterocycles. The van der Waals surface area contributed by atoms with Gasteiger partial charge in [-0.25, -0.2) is 4.99 Å². The lowest BCUT2D eigenvalue weighted by Crippen LogP contribution is -2.57. The Morgan fingerprint density at radius 2 is 1.83 bits per heavy atom. The summed E-state index contributed by atoms with van der Waals surface area (Å²) in [5, 5.41) is 2.82. The predicted octanol–water partition coefficient (Wildman–Crippen LogP) is 1.05. The number of amides is 1. The van der Waals surface area contributed by atoms with Crippen LogP contribution in [0.3, 0.4) is 0 Å². The van der Waals surface area contributed by atoms with Gasteiger partial charge >= 0.3 is 5.97 Å². The predicted molar refractivity (Wildman–Crippen MR) is 112 cm³/mol. The molecule has 1 aromatic carbocycles. The lowest BCUT2D eigenvalue weighted by Gasteiger charge is -2.38. The van der Waals surface area contributed by atoms with Gasteiger partial charge in [0.1, 0.15) is 6.04 Å². The molecule has 2 heterocycles. The molecule has 3 rings (SSSR count). The van der Waals surface area contributed by atoms with E-state index >= 15 is 0 Å². The Balaban J connectivity index is 1.96. The molecule has 1 N–H and O–H groups in total. The highest BCUT2D eigenvalue weighted by atomic mass is 16.5. The second-order valence-electron chi connectivity index (χ2n) is 7.15. The van der Waals surface area contributed by atoms with Crippen LogP contribution in [0.2, 0.25) is 0 Å². The lowest BCUT2D eigenvalue weighted by molar-refractivity contribution is -0.153. The second kappa shape index (κ2) is 9.80. The molecule has 9 heteroatoms. The fraction of sp³-hybridized carbons (Fsp3) is 0.571. The number of esters is 1. The van der Waals surface area contributed by atoms with Gasteiger partial charge < -0.3 is 24.0 Å². The Labute approximate surface area is 177 Å². The van der Waals surface area contributed by atoms with E-state index in [0.717, 1.165) is 32.7 Å². The molecule has 2 atom stereocenters. The van der Waals surface area contributed by atoms with Crippen LogP contribution in [0.25, 0.3) is 0 Å². The lowest BCUT2D eigenvalue weighted by atomic mass is 9.91. The highest BCUT2D eigenvalue weighted by Gasteiger charge is 2.42. The molecular weight excluding hydrogens is 388 g/mol. The zero-order chi connectivity index (χ0) is 21.7. The number of nitrogens with zero attached hydrogens (tertiary/aromatic N) is 3. The number of hydrogen-bond donors (Lipinski definition) is 1. The number of rotatable bonds is 6. The first-order chi connectivity index (χ1) is 14.5. The average Bonchev–Trinajstić information content (AvgIpc) is 2.78. The van der Waals surface area contributed by atoms with Gasteiger partial charge in [0.15, 0.2) is 17.4 Å². The SMILES string of the molecule is CCOC(=O)[C@@H]1C(=O)NC(N2CCN(CC)CC2)=N[C@@H]1c1ccc(OC)c(OC)c1. The number of carbonyl (C=O) groups excluding carboxylic acids is 2. The zero-order valence-electron chi connectivity index (χ0n) is 18.0. The molecule has 2 aliphatic rings. The molecule has 0 aliphatic carbocycles. The van der Waals surface area contributed by atoms with Crippen molar-refractivity contribution >= 4 is 17.8 Å². The summed E-state index contributed by atoms with van der Waals surface area (Å²) >= 11 is 0. The van der Waals surface area contributed by atoms with Gasteiger partial charge in [0.05, 0.1) is 20.8 Å². The molecule has 0 bridgehead atoms. The van der Waals surface area contributed by atoms with Crippen LogP contribution in [-0.2, 0) is 14.3 Å². The molecule has 0 radical (unpaired) electrons. The summed E-state index contributed by atoms with van der Waals surface area (Å²) in [6.45, 7) is 8.34. The number of carbonyl (C=O) groups is 2. The maximum atomic E-state index is 13.0. The smallest absolute Gasteiger partial charge is 0.321 e. The topological polar surface area (TPSA) is 92.7 Å². The van der Waals surface area contributed by atoms with Crippen molar-refractivity contribution in [2.24, 2.45) is 10.9 Å². The molecule has 1 fully saturated rings. The van der Waals surface area contributed by atoms with Crippen molar-refractivity contribution in [3.05, 3.63) is 23.8 Å². The van der Waals surface area contributed by atoms with Crippen LogP contribution in [0, 0.1) is 5.92 Å². The number of ether oxygens (including phenoxy) is 3. The maximum Gasteiger partial charge on any atom is 0.321 e. The summed E-state index contributed by atoms with van der Waals surface area (Å²) in [6.07, 6.45) is 0. The third kappa shape index (κ3) is 4.51. The number of benzene rings is 1. The number of guanidine groups is 1. The monoisotopic (exact) mass is 418 g/mol. The Morgan fingerprint density at radius 3 is 2.43 bits per heavy atom. The first kappa shape index (κ1) is 21.9. The first-order valence-electron chi connectivity index (χ1n) is 10.3. The van der Waals surface area contributed by atoms with Crippen molar-refractivity contribution in [1.82, 2.24) is 15.1 Å². The molecule has 1 amide bonds. The minimum absolute atomic E-state index is 0.191. The van der Waals surface area contributed by atoms with Crippen LogP contribution in [0.1, 0.15) is 25.5 Å². The Hall–Kier alpha value is -2.81. The van der Waals surface area contributed by atoms with Crippen LogP contribution in [0.15, 0.2) is 23.2 Å². The number of piperazine rings is 1. The number of hydrogen-bond acceptors (Lipinski definition) is 8. The number of nitrogens with one attached hydrogen (secondary N) is 1. The molecule has 0 spiro atoms. The van der Waals surface area contributed by atoms with E-state index in [9.17, 15) is 9.59 Å². The third-order valence-electron chi connectivity index (χ3n) is 5.50. The van der Waals surface area contributed by atoms with Gasteiger partial charge in [-0.05, 0) is 31.2 Å². The van der Waals surface area contributed by atoms with Crippen LogP contribution in [0.5, 0.6) is 11.5 Å². The molecule has 30 heavy (non-hydrogen) atoms. The molecular formula is C21H30N4O5. The van der Waals surface area contributed by atoms with Crippen LogP contribution < -0.4 is 14.8 Å². The summed E-state index contributed by atoms with van der Waals surface area (Å²) in [4.78, 5) is 34.8. The summed E-state index contributed by atoms with van der Waals surface area (Å²) < 4.78 is 15.9. The summed E-state index contributed by atoms with van der Waals surface area (Å²) in [5.41, 5.74) is 0.685. The Kier molecular flexibility index (Phi) is 7.15. The minimum atomic E-state index is -1.07. The summed E-state index contributed by atoms with van der Waals surface area (Å²) in [6, 6.07) is 4.59. The molecule has 0 saturated carbocycles. The largest absolute Gasteiger partial charge is 0.493 e. The van der Waals surface area contributed by atoms with Crippen molar-refractivity contribution in [2.45, 2.75) is 19.9 Å². The van der Waals surface area contributed by atoms with Gasteiger partial charge in [-0.1, -0.05) is 13.0 Å². The normalized spacial score (nSPS) is 22.2. The Morgan fingerprint density at radius 1 is 1.13 bits per heavy atom. The van der Waals surface area contributed by atoms with Crippen molar-refractivity contribution in [2.75, 3.05) is 53.6 Å². The van der Waals surface area contributed by atoms with Crippen LogP contribution in [0.4, 0.5) is 0 Å². The number of aliphatic imine (C=N–C) groups is 1. The van der Waals surface area contributed by atoms with Gasteiger partial charge in [-0.3, -0.25) is 14.9 Å². The van der Waals surface area contributed by atoms with Gasteiger partial charge in [0.25, 0.3) is 0 Å². The molecule has 9 nitrogen and oxygen atoms in total. The minimum Gasteiger partial charge on any atom is -0.493 e. The number of methoxy groups -OCH3 is 2. The highest BCUT2D eigenvalue weighted by molar-refractivity contribution is 6.08. The fourth-order valence-corrected chi connectivity index (χ4v) is 3.78. The standard InChI is InChI=1S/C21H30N4O5/c1-5-24-9-11-25(12-10-24)21-22-18(17(19(26)23-21)20(27)30-6-2)14-7-8-15(28-3)16(13-14)29-4/h7-8,13,17-18H,5-6,9-12H2,1-4H3,(H,22,23,26)/t17-,18+/m0/s1. The van der Waals surface area contributed by atoms with Crippen LogP contribution >= 0.6 is 0 Å². The van der Waals surface area contributed by atoms with Crippen molar-refractivity contribution in [3.63, 3.8) is 0 Å². The van der Waals surface area contributed by atoms with E-state index in [4.69, 9.17) is 19.2 Å². The van der Waals surface area contributed by atoms with Gasteiger partial charge in [-0.15, -0.1) is 0 Å². The van der Waals surface area contributed by atoms with Gasteiger partial charge in [-0.2, -0.15) is 0 Å². The van der Waals surface area contributed by atoms with E-state index in [1.807, 2.05) is 0 Å². The van der Waals surface area contributed by atoms with E-state index in [1.165, 1.54) is 0 Å². The van der Waals surface area contributed by atoms with Crippen molar-refractivity contribution in [1.29, 1.82) is 0 Å². The summed E-state index contributed by atoms with van der Waals surface area (Å²) in [5.74, 6) is -0.490. The number of likely N-dealkylation sites (N-methyl/N-ethyl adjacent to an activating group) is 1. The molecule has 2 aliphatic heterocycles. The van der Waals surface area contributed by atoms with Crippen molar-refractivity contribution < 1.29 is 23.8 Å². The summed E-state index contributed by atoms with van der Waals surface area (Å²) in [7, 11) is 3.10. The molecule has 0 unspecified atom stereocenters.